The van der Waals surface area contributed by atoms with Gasteiger partial charge in [0.05, 0.1) is 11.8 Å². The second kappa shape index (κ2) is 4.42. The first-order chi connectivity index (χ1) is 4.30. The van der Waals surface area contributed by atoms with Gasteiger partial charge in [0.1, 0.15) is 0 Å². The molecule has 1 atom stereocenters. The number of aliphatic hydroxyl groups is 1. The summed E-state index contributed by atoms with van der Waals surface area (Å²) in [4.78, 5) is 3.93. The Balaban J connectivity index is 0.000000810. The molecule has 1 unspecified atom stereocenters. The second-order valence-corrected chi connectivity index (χ2v) is 1.93. The fraction of sp³-hybridized carbons (Fsp3) is 0.286. The van der Waals surface area contributed by atoms with Crippen LogP contribution in [0.3, 0.4) is 0 Å². The summed E-state index contributed by atoms with van der Waals surface area (Å²) in [5.41, 5.74) is 0.720. The third-order valence-electron chi connectivity index (χ3n) is 1.12. The molecule has 3 heteroatoms. The van der Waals surface area contributed by atoms with E-state index < -0.39 is 6.10 Å². The predicted octanol–water partition coefficient (Wildman–Crippen LogP) is 1.13. The van der Waals surface area contributed by atoms with Crippen LogP contribution in [0.2, 0.25) is 0 Å². The van der Waals surface area contributed by atoms with E-state index in [2.05, 4.69) is 4.98 Å². The number of rotatable bonds is 1. The maximum absolute atomic E-state index is 8.96. The van der Waals surface area contributed by atoms with Crippen LogP contribution < -0.4 is 0 Å². The molecule has 2 nitrogen and oxygen atoms in total. The summed E-state index contributed by atoms with van der Waals surface area (Å²) in [5, 5.41) is 8.96. The minimum absolute atomic E-state index is 0. The molecule has 58 valence electrons. The number of hydrogen-bond donors (Lipinski definition) is 1. The second-order valence-electron chi connectivity index (χ2n) is 1.93. The predicted molar refractivity (Wildman–Crippen MR) is 34.9 cm³/mol. The van der Waals surface area contributed by atoms with Crippen molar-refractivity contribution in [3.8, 4) is 0 Å². The van der Waals surface area contributed by atoms with Crippen LogP contribution in [0.5, 0.6) is 0 Å². The molecule has 1 aromatic heterocycles. The number of hydrogen-bond acceptors (Lipinski definition) is 2. The molecule has 0 radical (unpaired) electrons. The average molecular weight is 182 g/mol. The van der Waals surface area contributed by atoms with Gasteiger partial charge in [-0.15, -0.1) is 0 Å². The van der Waals surface area contributed by atoms with Crippen LogP contribution in [0, 0.1) is 0 Å². The van der Waals surface area contributed by atoms with E-state index in [9.17, 15) is 0 Å². The summed E-state index contributed by atoms with van der Waals surface area (Å²) in [6, 6.07) is 5.48. The first kappa shape index (κ1) is 9.60. The van der Waals surface area contributed by atoms with E-state index in [-0.39, 0.29) is 16.5 Å². The number of aliphatic hydroxyl groups excluding tert-OH is 1. The molecular weight excluding hydrogens is 173 g/mol. The van der Waals surface area contributed by atoms with E-state index in [0.717, 1.165) is 5.69 Å². The van der Waals surface area contributed by atoms with Crippen LogP contribution in [0.15, 0.2) is 24.4 Å². The smallest absolute Gasteiger partial charge is 0.0931 e. The summed E-state index contributed by atoms with van der Waals surface area (Å²) in [7, 11) is 0. The molecular formula is C7H9NNiO. The van der Waals surface area contributed by atoms with Gasteiger partial charge in [0, 0.05) is 22.7 Å². The van der Waals surface area contributed by atoms with Crippen molar-refractivity contribution in [2.75, 3.05) is 0 Å². The van der Waals surface area contributed by atoms with Crippen molar-refractivity contribution < 1.29 is 21.6 Å². The summed E-state index contributed by atoms with van der Waals surface area (Å²) >= 11 is 0. The molecule has 0 aliphatic rings. The van der Waals surface area contributed by atoms with Crippen molar-refractivity contribution >= 4 is 0 Å². The van der Waals surface area contributed by atoms with Crippen LogP contribution in [-0.2, 0) is 16.5 Å². The molecule has 0 fully saturated rings. The fourth-order valence-corrected chi connectivity index (χ4v) is 0.623. The Morgan fingerprint density at radius 3 is 2.50 bits per heavy atom. The van der Waals surface area contributed by atoms with Gasteiger partial charge >= 0.3 is 0 Å². The quantitative estimate of drug-likeness (QED) is 0.660. The molecule has 0 saturated heterocycles. The number of pyridine rings is 1. The van der Waals surface area contributed by atoms with Gasteiger partial charge in [-0.05, 0) is 19.1 Å². The Morgan fingerprint density at radius 1 is 1.50 bits per heavy atom. The van der Waals surface area contributed by atoms with Gasteiger partial charge in [0.2, 0.25) is 0 Å². The van der Waals surface area contributed by atoms with Crippen LogP contribution in [0.4, 0.5) is 0 Å². The third kappa shape index (κ3) is 2.46. The van der Waals surface area contributed by atoms with Crippen LogP contribution in [0.1, 0.15) is 18.7 Å². The molecule has 10 heavy (non-hydrogen) atoms. The van der Waals surface area contributed by atoms with E-state index in [1.54, 1.807) is 19.2 Å². The molecule has 0 bridgehead atoms. The Hall–Kier alpha value is -0.396. The molecule has 0 amide bonds. The van der Waals surface area contributed by atoms with E-state index >= 15 is 0 Å². The summed E-state index contributed by atoms with van der Waals surface area (Å²) in [6.07, 6.45) is 1.22. The normalized spacial score (nSPS) is 11.8. The molecule has 1 N–H and O–H groups in total. The number of nitrogens with zero attached hydrogens (tertiary/aromatic N) is 1. The Morgan fingerprint density at radius 2 is 2.20 bits per heavy atom. The van der Waals surface area contributed by atoms with Gasteiger partial charge < -0.3 is 5.11 Å². The van der Waals surface area contributed by atoms with Gasteiger partial charge in [0.15, 0.2) is 0 Å². The molecule has 1 rings (SSSR count). The maximum atomic E-state index is 8.96. The first-order valence-corrected chi connectivity index (χ1v) is 2.89. The van der Waals surface area contributed by atoms with E-state index in [4.69, 9.17) is 5.11 Å². The first-order valence-electron chi connectivity index (χ1n) is 2.89. The minimum atomic E-state index is -0.453. The van der Waals surface area contributed by atoms with Crippen LogP contribution in [0.25, 0.3) is 0 Å². The monoisotopic (exact) mass is 181 g/mol. The largest absolute Gasteiger partial charge is 0.387 e. The molecule has 1 heterocycles. The maximum Gasteiger partial charge on any atom is 0.0931 e. The van der Waals surface area contributed by atoms with Crippen molar-refractivity contribution in [1.29, 1.82) is 0 Å². The zero-order valence-electron chi connectivity index (χ0n) is 5.60. The van der Waals surface area contributed by atoms with Gasteiger partial charge in [-0.25, -0.2) is 0 Å². The Labute approximate surface area is 70.2 Å². The SMILES string of the molecule is CC(O)c1ccccn1.[Ni]. The van der Waals surface area contributed by atoms with Gasteiger partial charge in [0.25, 0.3) is 0 Å². The van der Waals surface area contributed by atoms with Gasteiger partial charge in [-0.1, -0.05) is 6.07 Å². The van der Waals surface area contributed by atoms with Crippen molar-refractivity contribution in [3.05, 3.63) is 30.1 Å². The molecule has 0 saturated carbocycles. The topological polar surface area (TPSA) is 33.1 Å². The summed E-state index contributed by atoms with van der Waals surface area (Å²) in [6.45, 7) is 1.70. The van der Waals surface area contributed by atoms with E-state index in [1.807, 2.05) is 12.1 Å². The molecule has 0 aromatic carbocycles. The zero-order chi connectivity index (χ0) is 6.69. The van der Waals surface area contributed by atoms with E-state index in [1.165, 1.54) is 0 Å². The third-order valence-corrected chi connectivity index (χ3v) is 1.12. The Bertz CT molecular complexity index is 176. The average Bonchev–Trinajstić information content (AvgIpc) is 1.90. The van der Waals surface area contributed by atoms with Crippen LogP contribution >= 0.6 is 0 Å². The molecule has 0 spiro atoms. The van der Waals surface area contributed by atoms with Gasteiger partial charge in [-0.2, -0.15) is 0 Å². The standard InChI is InChI=1S/C7H9NO.Ni/c1-6(9)7-4-2-3-5-8-7;/h2-6,9H,1H3;. The Kier molecular flexibility index (Phi) is 4.25. The zero-order valence-corrected chi connectivity index (χ0v) is 6.59. The fourth-order valence-electron chi connectivity index (χ4n) is 0.623. The van der Waals surface area contributed by atoms with Crippen molar-refractivity contribution in [2.45, 2.75) is 13.0 Å². The van der Waals surface area contributed by atoms with Crippen molar-refractivity contribution in [3.63, 3.8) is 0 Å². The number of aromatic nitrogens is 1. The van der Waals surface area contributed by atoms with Crippen molar-refractivity contribution in [1.82, 2.24) is 4.98 Å². The van der Waals surface area contributed by atoms with E-state index in [0.29, 0.717) is 0 Å². The molecule has 0 aliphatic heterocycles. The molecule has 0 aliphatic carbocycles. The summed E-state index contributed by atoms with van der Waals surface area (Å²) < 4.78 is 0. The van der Waals surface area contributed by atoms with Gasteiger partial charge in [-0.3, -0.25) is 4.98 Å². The van der Waals surface area contributed by atoms with Crippen molar-refractivity contribution in [2.24, 2.45) is 0 Å². The van der Waals surface area contributed by atoms with Crippen LogP contribution in [-0.4, -0.2) is 10.1 Å². The molecule has 1 aromatic rings. The minimum Gasteiger partial charge on any atom is -0.387 e. The summed E-state index contributed by atoms with van der Waals surface area (Å²) in [5.74, 6) is 0.